The lowest BCUT2D eigenvalue weighted by Crippen LogP contribution is -1.97. The predicted molar refractivity (Wildman–Crippen MR) is 74.4 cm³/mol. The number of nitrogens with zero attached hydrogens (tertiary/aromatic N) is 2. The van der Waals surface area contributed by atoms with Gasteiger partial charge in [0.05, 0.1) is 15.4 Å². The van der Waals surface area contributed by atoms with Gasteiger partial charge in [-0.1, -0.05) is 30.3 Å². The van der Waals surface area contributed by atoms with Crippen LogP contribution in [0.2, 0.25) is 0 Å². The van der Waals surface area contributed by atoms with Crippen molar-refractivity contribution < 1.29 is 9.85 Å². The van der Waals surface area contributed by atoms with Gasteiger partial charge >= 0.3 is 0 Å². The summed E-state index contributed by atoms with van der Waals surface area (Å²) in [6.07, 6.45) is 1.32. The van der Waals surface area contributed by atoms with Gasteiger partial charge in [-0.15, -0.1) is 0 Å². The van der Waals surface area contributed by atoms with Crippen LogP contribution in [0.25, 0.3) is 11.8 Å². The molecule has 100 valence electrons. The lowest BCUT2D eigenvalue weighted by Gasteiger charge is -1.99. The molecule has 0 N–H and O–H groups in total. The Morgan fingerprint density at radius 2 is 1.65 bits per heavy atom. The Morgan fingerprint density at radius 3 is 2.25 bits per heavy atom. The summed E-state index contributed by atoms with van der Waals surface area (Å²) in [5.74, 6) is 0. The van der Waals surface area contributed by atoms with E-state index in [9.17, 15) is 20.2 Å². The van der Waals surface area contributed by atoms with Crippen molar-refractivity contribution in [2.75, 3.05) is 0 Å². The molecule has 0 unspecified atom stereocenters. The first-order valence-electron chi connectivity index (χ1n) is 5.74. The van der Waals surface area contributed by atoms with Crippen molar-refractivity contribution in [3.8, 4) is 0 Å². The third-order valence-corrected chi connectivity index (χ3v) is 2.65. The zero-order chi connectivity index (χ0) is 14.5. The van der Waals surface area contributed by atoms with Crippen molar-refractivity contribution in [3.63, 3.8) is 0 Å². The highest BCUT2D eigenvalue weighted by Gasteiger charge is 2.14. The molecule has 0 aromatic heterocycles. The van der Waals surface area contributed by atoms with Gasteiger partial charge in [0, 0.05) is 18.2 Å². The first-order chi connectivity index (χ1) is 9.58. The molecule has 0 heterocycles. The molecule has 2 aromatic rings. The van der Waals surface area contributed by atoms with E-state index in [2.05, 4.69) is 0 Å². The molecule has 20 heavy (non-hydrogen) atoms. The normalized spacial score (nSPS) is 11.1. The van der Waals surface area contributed by atoms with E-state index in [0.29, 0.717) is 11.1 Å². The fourth-order valence-corrected chi connectivity index (χ4v) is 1.74. The summed E-state index contributed by atoms with van der Waals surface area (Å²) in [5.41, 5.74) is 0.652. The number of hydrogen-bond donors (Lipinski definition) is 0. The van der Waals surface area contributed by atoms with Gasteiger partial charge in [-0.25, -0.2) is 0 Å². The Hall–Kier alpha value is -3.02. The van der Waals surface area contributed by atoms with E-state index < -0.39 is 9.85 Å². The Balaban J connectivity index is 2.47. The van der Waals surface area contributed by atoms with Gasteiger partial charge in [-0.05, 0) is 17.7 Å². The molecule has 2 aromatic carbocycles. The maximum absolute atomic E-state index is 11.1. The van der Waals surface area contributed by atoms with Crippen LogP contribution in [0.5, 0.6) is 0 Å². The molecule has 0 saturated heterocycles. The van der Waals surface area contributed by atoms with E-state index in [-0.39, 0.29) is 11.4 Å². The molecule has 6 nitrogen and oxygen atoms in total. The molecule has 0 aliphatic heterocycles. The topological polar surface area (TPSA) is 86.3 Å². The minimum atomic E-state index is -0.536. The minimum absolute atomic E-state index is 0.102. The zero-order valence-corrected chi connectivity index (χ0v) is 10.3. The van der Waals surface area contributed by atoms with Crippen LogP contribution in [0, 0.1) is 20.2 Å². The van der Waals surface area contributed by atoms with Gasteiger partial charge < -0.3 is 0 Å². The molecular formula is C14H10N2O4. The molecule has 6 heteroatoms. The average molecular weight is 270 g/mol. The highest BCUT2D eigenvalue weighted by atomic mass is 16.6. The molecular weight excluding hydrogens is 260 g/mol. The van der Waals surface area contributed by atoms with Gasteiger partial charge in [0.15, 0.2) is 0 Å². The smallest absolute Gasteiger partial charge is 0.258 e. The van der Waals surface area contributed by atoms with Crippen LogP contribution in [0.4, 0.5) is 5.69 Å². The highest BCUT2D eigenvalue weighted by molar-refractivity contribution is 5.76. The van der Waals surface area contributed by atoms with E-state index in [1.54, 1.807) is 36.4 Å². The summed E-state index contributed by atoms with van der Waals surface area (Å²) in [7, 11) is 0. The molecule has 0 spiro atoms. The van der Waals surface area contributed by atoms with Gasteiger partial charge in [0.25, 0.3) is 11.4 Å². The molecule has 0 saturated carbocycles. The Morgan fingerprint density at radius 1 is 0.950 bits per heavy atom. The standard InChI is InChI=1S/C14H10N2O4/c17-15(18)13-8-4-5-11(9-13)10-14(16(19)20)12-6-2-1-3-7-12/h1-10H/b14-10+. The van der Waals surface area contributed by atoms with Crippen LogP contribution in [0.15, 0.2) is 54.6 Å². The summed E-state index contributed by atoms with van der Waals surface area (Å²) in [6, 6.07) is 14.1. The second-order valence-corrected chi connectivity index (χ2v) is 4.00. The van der Waals surface area contributed by atoms with Crippen LogP contribution < -0.4 is 0 Å². The van der Waals surface area contributed by atoms with Crippen molar-refractivity contribution in [2.45, 2.75) is 0 Å². The first kappa shape index (κ1) is 13.4. The number of hydrogen-bond acceptors (Lipinski definition) is 4. The quantitative estimate of drug-likeness (QED) is 0.484. The van der Waals surface area contributed by atoms with E-state index in [1.165, 1.54) is 24.3 Å². The lowest BCUT2D eigenvalue weighted by atomic mass is 10.1. The second-order valence-electron chi connectivity index (χ2n) is 4.00. The zero-order valence-electron chi connectivity index (χ0n) is 10.3. The summed E-state index contributed by atoms with van der Waals surface area (Å²) >= 11 is 0. The molecule has 0 radical (unpaired) electrons. The number of non-ortho nitro benzene ring substituents is 1. The summed E-state index contributed by atoms with van der Waals surface area (Å²) in [4.78, 5) is 20.8. The molecule has 0 aliphatic carbocycles. The predicted octanol–water partition coefficient (Wildman–Crippen LogP) is 3.37. The third-order valence-electron chi connectivity index (χ3n) is 2.65. The molecule has 2 rings (SSSR count). The second kappa shape index (κ2) is 5.75. The number of benzene rings is 2. The fraction of sp³-hybridized carbons (Fsp3) is 0. The molecule has 0 bridgehead atoms. The summed E-state index contributed by atoms with van der Waals surface area (Å²) in [5, 5.41) is 21.8. The summed E-state index contributed by atoms with van der Waals surface area (Å²) in [6.45, 7) is 0. The largest absolute Gasteiger partial charge is 0.277 e. The molecule has 0 fully saturated rings. The van der Waals surface area contributed by atoms with Gasteiger partial charge in [0.1, 0.15) is 0 Å². The van der Waals surface area contributed by atoms with Crippen LogP contribution in [0.1, 0.15) is 11.1 Å². The van der Waals surface area contributed by atoms with Crippen LogP contribution >= 0.6 is 0 Å². The van der Waals surface area contributed by atoms with E-state index in [1.807, 2.05) is 0 Å². The molecule has 0 amide bonds. The van der Waals surface area contributed by atoms with Crippen molar-refractivity contribution in [1.29, 1.82) is 0 Å². The monoisotopic (exact) mass is 270 g/mol. The van der Waals surface area contributed by atoms with Crippen LogP contribution in [-0.2, 0) is 0 Å². The maximum atomic E-state index is 11.1. The minimum Gasteiger partial charge on any atom is -0.258 e. The maximum Gasteiger partial charge on any atom is 0.277 e. The van der Waals surface area contributed by atoms with Gasteiger partial charge in [-0.3, -0.25) is 20.2 Å². The SMILES string of the molecule is O=[N+]([O-])/C(=C/c1cccc([N+](=O)[O-])c1)c1ccccc1. The highest BCUT2D eigenvalue weighted by Crippen LogP contribution is 2.21. The lowest BCUT2D eigenvalue weighted by molar-refractivity contribution is -0.384. The first-order valence-corrected chi connectivity index (χ1v) is 5.74. The van der Waals surface area contributed by atoms with Crippen molar-refractivity contribution in [2.24, 2.45) is 0 Å². The Labute approximate surface area is 114 Å². The van der Waals surface area contributed by atoms with Crippen molar-refractivity contribution in [3.05, 3.63) is 86.0 Å². The van der Waals surface area contributed by atoms with Crippen molar-refractivity contribution in [1.82, 2.24) is 0 Å². The van der Waals surface area contributed by atoms with Gasteiger partial charge in [0.2, 0.25) is 0 Å². The molecule has 0 atom stereocenters. The average Bonchev–Trinajstić information content (AvgIpc) is 2.45. The Kier molecular flexibility index (Phi) is 3.85. The summed E-state index contributed by atoms with van der Waals surface area (Å²) < 4.78 is 0. The number of nitro benzene ring substituents is 1. The van der Waals surface area contributed by atoms with E-state index in [0.717, 1.165) is 0 Å². The van der Waals surface area contributed by atoms with Gasteiger partial charge in [-0.2, -0.15) is 0 Å². The van der Waals surface area contributed by atoms with Crippen LogP contribution in [0.3, 0.4) is 0 Å². The van der Waals surface area contributed by atoms with E-state index in [4.69, 9.17) is 0 Å². The van der Waals surface area contributed by atoms with Crippen LogP contribution in [-0.4, -0.2) is 9.85 Å². The number of nitro groups is 2. The van der Waals surface area contributed by atoms with Crippen molar-refractivity contribution >= 4 is 17.5 Å². The Bertz CT molecular complexity index is 681. The number of rotatable bonds is 4. The van der Waals surface area contributed by atoms with E-state index >= 15 is 0 Å². The third kappa shape index (κ3) is 3.05. The molecule has 0 aliphatic rings. The fourth-order valence-electron chi connectivity index (χ4n) is 1.74.